The fourth-order valence-electron chi connectivity index (χ4n) is 2.07. The number of hydrazine groups is 2. The van der Waals surface area contributed by atoms with E-state index in [4.69, 9.17) is 11.6 Å². The summed E-state index contributed by atoms with van der Waals surface area (Å²) >= 11 is 6.07. The van der Waals surface area contributed by atoms with Crippen molar-refractivity contribution in [3.8, 4) is 0 Å². The molecule has 1 amide bonds. The summed E-state index contributed by atoms with van der Waals surface area (Å²) in [5.41, 5.74) is 8.70. The number of rotatable bonds is 4. The Morgan fingerprint density at radius 1 is 1.55 bits per heavy atom. The van der Waals surface area contributed by atoms with E-state index in [0.717, 1.165) is 5.56 Å². The third-order valence-electron chi connectivity index (χ3n) is 3.32. The molecule has 1 aliphatic rings. The molecule has 0 spiro atoms. The van der Waals surface area contributed by atoms with Gasteiger partial charge >= 0.3 is 0 Å². The first-order chi connectivity index (χ1) is 9.40. The van der Waals surface area contributed by atoms with Gasteiger partial charge < -0.3 is 5.32 Å². The molecule has 1 atom stereocenters. The minimum absolute atomic E-state index is 0.103. The van der Waals surface area contributed by atoms with E-state index in [9.17, 15) is 9.18 Å². The van der Waals surface area contributed by atoms with Crippen LogP contribution >= 0.6 is 11.6 Å². The normalized spacial score (nSPS) is 19.1. The van der Waals surface area contributed by atoms with Crippen molar-refractivity contribution < 1.29 is 9.18 Å². The fourth-order valence-corrected chi connectivity index (χ4v) is 2.49. The number of halogens is 2. The van der Waals surface area contributed by atoms with Crippen LogP contribution in [0.1, 0.15) is 19.4 Å². The van der Waals surface area contributed by atoms with Gasteiger partial charge in [-0.1, -0.05) is 31.5 Å². The van der Waals surface area contributed by atoms with Crippen molar-refractivity contribution in [2.45, 2.75) is 25.3 Å². The van der Waals surface area contributed by atoms with Crippen LogP contribution in [0.5, 0.6) is 0 Å². The lowest BCUT2D eigenvalue weighted by Crippen LogP contribution is -2.47. The van der Waals surface area contributed by atoms with Gasteiger partial charge in [0.1, 0.15) is 11.9 Å². The average molecular weight is 301 g/mol. The molecule has 0 radical (unpaired) electrons. The van der Waals surface area contributed by atoms with Gasteiger partial charge in [0.2, 0.25) is 5.91 Å². The molecule has 0 saturated carbocycles. The first kappa shape index (κ1) is 15.2. The van der Waals surface area contributed by atoms with Gasteiger partial charge in [0.05, 0.1) is 0 Å². The number of hydrogen-bond acceptors (Lipinski definition) is 4. The van der Waals surface area contributed by atoms with Crippen molar-refractivity contribution in [2.75, 3.05) is 13.1 Å². The van der Waals surface area contributed by atoms with Crippen molar-refractivity contribution in [3.05, 3.63) is 34.6 Å². The molecule has 1 saturated heterocycles. The number of carbonyl (C=O) groups excluding carboxylic acids is 1. The smallest absolute Gasteiger partial charge is 0.239 e. The molecule has 1 unspecified atom stereocenters. The highest BCUT2D eigenvalue weighted by Crippen LogP contribution is 2.29. The molecular weight excluding hydrogens is 283 g/mol. The summed E-state index contributed by atoms with van der Waals surface area (Å²) in [4.78, 5) is 11.9. The van der Waals surface area contributed by atoms with Crippen molar-refractivity contribution in [3.63, 3.8) is 0 Å². The van der Waals surface area contributed by atoms with Gasteiger partial charge in [-0.3, -0.25) is 4.79 Å². The van der Waals surface area contributed by atoms with Crippen LogP contribution in [0.25, 0.3) is 0 Å². The summed E-state index contributed by atoms with van der Waals surface area (Å²) < 4.78 is 13.1. The van der Waals surface area contributed by atoms with Gasteiger partial charge in [0.25, 0.3) is 0 Å². The quantitative estimate of drug-likeness (QED) is 0.666. The van der Waals surface area contributed by atoms with Crippen LogP contribution in [-0.4, -0.2) is 25.0 Å². The molecular formula is C13H18ClFN4O. The van der Waals surface area contributed by atoms with Crippen LogP contribution in [0.2, 0.25) is 5.02 Å². The summed E-state index contributed by atoms with van der Waals surface area (Å²) in [7, 11) is 0. The molecule has 1 aromatic rings. The molecule has 2 rings (SSSR count). The predicted octanol–water partition coefficient (Wildman–Crippen LogP) is 0.854. The van der Waals surface area contributed by atoms with Gasteiger partial charge in [0.15, 0.2) is 0 Å². The fraction of sp³-hybridized carbons (Fsp3) is 0.462. The molecule has 0 aliphatic carbocycles. The van der Waals surface area contributed by atoms with E-state index in [1.54, 1.807) is 6.07 Å². The highest BCUT2D eigenvalue weighted by molar-refractivity contribution is 6.31. The van der Waals surface area contributed by atoms with Crippen LogP contribution in [-0.2, 0) is 10.2 Å². The number of amides is 1. The second kappa shape index (κ2) is 6.05. The summed E-state index contributed by atoms with van der Waals surface area (Å²) in [5, 5.41) is 3.24. The minimum Gasteiger partial charge on any atom is -0.354 e. The zero-order chi connectivity index (χ0) is 14.8. The zero-order valence-electron chi connectivity index (χ0n) is 11.4. The Morgan fingerprint density at radius 3 is 2.90 bits per heavy atom. The second-order valence-electron chi connectivity index (χ2n) is 5.43. The molecule has 20 heavy (non-hydrogen) atoms. The summed E-state index contributed by atoms with van der Waals surface area (Å²) in [6.45, 7) is 4.83. The Bertz CT molecular complexity index is 503. The molecule has 0 bridgehead atoms. The minimum atomic E-state index is -0.389. The first-order valence-corrected chi connectivity index (χ1v) is 6.74. The maximum Gasteiger partial charge on any atom is 0.239 e. The Hall–Kier alpha value is -1.21. The van der Waals surface area contributed by atoms with Gasteiger partial charge in [0, 0.05) is 23.5 Å². The third kappa shape index (κ3) is 3.46. The molecule has 1 aromatic carbocycles. The number of nitrogens with one attached hydrogen (secondary N) is 4. The van der Waals surface area contributed by atoms with Crippen LogP contribution in [0.4, 0.5) is 4.39 Å². The Balaban J connectivity index is 2.01. The maximum absolute atomic E-state index is 13.1. The van der Waals surface area contributed by atoms with Crippen LogP contribution < -0.4 is 21.7 Å². The lowest BCUT2D eigenvalue weighted by molar-refractivity contribution is -0.122. The zero-order valence-corrected chi connectivity index (χ0v) is 12.1. The standard InChI is InChI=1S/C13H18ClFN4O/c1-13(2,9-4-3-8(15)5-10(9)14)7-16-12(20)11-6-17-19-18-11/h3-5,11,17-19H,6-7H2,1-2H3,(H,16,20). The monoisotopic (exact) mass is 300 g/mol. The van der Waals surface area contributed by atoms with E-state index in [1.165, 1.54) is 12.1 Å². The molecule has 5 nitrogen and oxygen atoms in total. The number of benzene rings is 1. The van der Waals surface area contributed by atoms with E-state index in [2.05, 4.69) is 21.7 Å². The van der Waals surface area contributed by atoms with E-state index >= 15 is 0 Å². The summed E-state index contributed by atoms with van der Waals surface area (Å²) in [5.74, 6) is -0.473. The largest absolute Gasteiger partial charge is 0.354 e. The third-order valence-corrected chi connectivity index (χ3v) is 3.63. The van der Waals surface area contributed by atoms with Gasteiger partial charge in [-0.25, -0.2) is 15.2 Å². The Labute approximate surface area is 122 Å². The first-order valence-electron chi connectivity index (χ1n) is 6.37. The SMILES string of the molecule is CC(C)(CNC(=O)C1CNNN1)c1ccc(F)cc1Cl. The topological polar surface area (TPSA) is 65.2 Å². The van der Waals surface area contributed by atoms with Crippen molar-refractivity contribution in [1.29, 1.82) is 0 Å². The molecule has 1 aliphatic heterocycles. The highest BCUT2D eigenvalue weighted by atomic mass is 35.5. The summed E-state index contributed by atoms with van der Waals surface area (Å²) in [6.07, 6.45) is 0. The highest BCUT2D eigenvalue weighted by Gasteiger charge is 2.27. The molecule has 110 valence electrons. The van der Waals surface area contributed by atoms with Gasteiger partial charge in [-0.05, 0) is 17.7 Å². The van der Waals surface area contributed by atoms with Crippen molar-refractivity contribution in [1.82, 2.24) is 21.7 Å². The lowest BCUT2D eigenvalue weighted by Gasteiger charge is -2.27. The van der Waals surface area contributed by atoms with Crippen LogP contribution in [0.15, 0.2) is 18.2 Å². The lowest BCUT2D eigenvalue weighted by atomic mass is 9.84. The van der Waals surface area contributed by atoms with Gasteiger partial charge in [-0.15, -0.1) is 0 Å². The van der Waals surface area contributed by atoms with Gasteiger partial charge in [-0.2, -0.15) is 5.53 Å². The predicted molar refractivity (Wildman–Crippen MR) is 75.5 cm³/mol. The Morgan fingerprint density at radius 2 is 2.30 bits per heavy atom. The van der Waals surface area contributed by atoms with Crippen LogP contribution in [0.3, 0.4) is 0 Å². The maximum atomic E-state index is 13.1. The molecule has 0 aromatic heterocycles. The molecule has 4 N–H and O–H groups in total. The number of carbonyl (C=O) groups is 1. The Kier molecular flexibility index (Phi) is 4.59. The number of hydrogen-bond donors (Lipinski definition) is 4. The summed E-state index contributed by atoms with van der Waals surface area (Å²) in [6, 6.07) is 4.00. The van der Waals surface area contributed by atoms with Crippen molar-refractivity contribution >= 4 is 17.5 Å². The molecule has 1 fully saturated rings. The molecule has 7 heteroatoms. The second-order valence-corrected chi connectivity index (χ2v) is 5.84. The average Bonchev–Trinajstić information content (AvgIpc) is 2.89. The van der Waals surface area contributed by atoms with Crippen molar-refractivity contribution in [2.24, 2.45) is 0 Å². The molecule has 1 heterocycles. The van der Waals surface area contributed by atoms with E-state index in [1.807, 2.05) is 13.8 Å². The van der Waals surface area contributed by atoms with E-state index in [0.29, 0.717) is 18.1 Å². The van der Waals surface area contributed by atoms with E-state index in [-0.39, 0.29) is 23.2 Å². The van der Waals surface area contributed by atoms with Crippen LogP contribution in [0, 0.1) is 5.82 Å². The van der Waals surface area contributed by atoms with E-state index < -0.39 is 0 Å².